The summed E-state index contributed by atoms with van der Waals surface area (Å²) in [6, 6.07) is 1.06. The van der Waals surface area contributed by atoms with E-state index < -0.39 is 12.4 Å². The fourth-order valence-electron chi connectivity index (χ4n) is 1.48. The molecular weight excluding hydrogens is 220 g/mol. The van der Waals surface area contributed by atoms with E-state index in [-0.39, 0.29) is 28.6 Å². The van der Waals surface area contributed by atoms with E-state index in [1.54, 1.807) is 0 Å². The summed E-state index contributed by atoms with van der Waals surface area (Å²) < 4.78 is 31.1. The Morgan fingerprint density at radius 1 is 1.59 bits per heavy atom. The van der Waals surface area contributed by atoms with Crippen molar-refractivity contribution in [3.05, 3.63) is 40.4 Å². The number of fused-ring (bicyclic) bond motifs is 1. The van der Waals surface area contributed by atoms with Crippen LogP contribution in [0.15, 0.2) is 29.3 Å². The van der Waals surface area contributed by atoms with Crippen LogP contribution in [-0.2, 0) is 0 Å². The molecule has 17 heavy (non-hydrogen) atoms. The maximum atomic E-state index is 12.4. The quantitative estimate of drug-likeness (QED) is 0.646. The van der Waals surface area contributed by atoms with Gasteiger partial charge in [-0.1, -0.05) is 6.07 Å². The predicted octanol–water partition coefficient (Wildman–Crippen LogP) is 0.183. The SMILES string of the molecule is [2H]c1cc(C([2H])([2H])[2H])c2ncc(-c3nn[nH]n3)c(=O)n2c1. The van der Waals surface area contributed by atoms with Crippen molar-refractivity contribution in [3.8, 4) is 11.4 Å². The second-order valence-corrected chi connectivity index (χ2v) is 3.26. The first-order valence-electron chi connectivity index (χ1n) is 6.64. The number of tetrazole rings is 1. The number of pyridine rings is 1. The lowest BCUT2D eigenvalue weighted by atomic mass is 10.2. The molecule has 0 fully saturated rings. The number of aryl methyl sites for hydroxylation is 1. The third-order valence-corrected chi connectivity index (χ3v) is 2.25. The second-order valence-electron chi connectivity index (χ2n) is 3.26. The van der Waals surface area contributed by atoms with Crippen molar-refractivity contribution in [1.29, 1.82) is 0 Å². The maximum Gasteiger partial charge on any atom is 0.269 e. The Morgan fingerprint density at radius 2 is 2.53 bits per heavy atom. The normalized spacial score (nSPS) is 15.1. The van der Waals surface area contributed by atoms with Crippen molar-refractivity contribution in [1.82, 2.24) is 30.0 Å². The van der Waals surface area contributed by atoms with Gasteiger partial charge in [0.15, 0.2) is 0 Å². The molecule has 0 radical (unpaired) electrons. The van der Waals surface area contributed by atoms with E-state index in [1.807, 2.05) is 0 Å². The standard InChI is InChI=1S/C10H8N6O/c1-6-3-2-4-16-9(6)11-5-7(10(16)17)8-12-14-15-13-8/h2-5H,1H3,(H,12,13,14,15)/i1D3,2D. The summed E-state index contributed by atoms with van der Waals surface area (Å²) in [6.07, 6.45) is 2.39. The van der Waals surface area contributed by atoms with E-state index in [1.165, 1.54) is 18.5 Å². The monoisotopic (exact) mass is 232 g/mol. The molecule has 0 aliphatic rings. The molecular formula is C10H8N6O. The highest BCUT2D eigenvalue weighted by atomic mass is 16.1. The van der Waals surface area contributed by atoms with Gasteiger partial charge in [-0.25, -0.2) is 4.98 Å². The number of H-pyrrole nitrogens is 1. The Balaban J connectivity index is 2.38. The topological polar surface area (TPSA) is 88.8 Å². The minimum absolute atomic E-state index is 0.0248. The zero-order valence-corrected chi connectivity index (χ0v) is 8.38. The minimum atomic E-state index is -2.48. The molecule has 0 aliphatic heterocycles. The van der Waals surface area contributed by atoms with E-state index in [4.69, 9.17) is 5.48 Å². The van der Waals surface area contributed by atoms with Crippen LogP contribution in [0.1, 0.15) is 11.0 Å². The van der Waals surface area contributed by atoms with Gasteiger partial charge in [-0.15, -0.1) is 10.2 Å². The first kappa shape index (κ1) is 6.24. The number of aromatic amines is 1. The summed E-state index contributed by atoms with van der Waals surface area (Å²) in [6.45, 7) is -2.48. The summed E-state index contributed by atoms with van der Waals surface area (Å²) in [4.78, 5) is 16.4. The van der Waals surface area contributed by atoms with Gasteiger partial charge in [0.2, 0.25) is 5.82 Å². The molecule has 0 aromatic carbocycles. The minimum Gasteiger partial charge on any atom is -0.268 e. The molecule has 0 spiro atoms. The van der Waals surface area contributed by atoms with Gasteiger partial charge in [-0.3, -0.25) is 9.20 Å². The molecule has 7 heteroatoms. The molecule has 0 unspecified atom stereocenters. The van der Waals surface area contributed by atoms with E-state index in [0.29, 0.717) is 0 Å². The van der Waals surface area contributed by atoms with Gasteiger partial charge < -0.3 is 0 Å². The first-order chi connectivity index (χ1) is 9.88. The van der Waals surface area contributed by atoms with E-state index >= 15 is 0 Å². The Bertz CT molecular complexity index is 870. The number of aromatic nitrogens is 6. The number of hydrogen-bond acceptors (Lipinski definition) is 5. The highest BCUT2D eigenvalue weighted by molar-refractivity contribution is 5.55. The van der Waals surface area contributed by atoms with Crippen LogP contribution in [0.2, 0.25) is 0 Å². The summed E-state index contributed by atoms with van der Waals surface area (Å²) >= 11 is 0. The van der Waals surface area contributed by atoms with Crippen LogP contribution in [-0.4, -0.2) is 30.0 Å². The molecule has 3 aromatic rings. The maximum absolute atomic E-state index is 12.4. The number of hydrogen-bond donors (Lipinski definition) is 1. The molecule has 84 valence electrons. The third kappa shape index (κ3) is 1.40. The lowest BCUT2D eigenvalue weighted by molar-refractivity contribution is 0.881. The van der Waals surface area contributed by atoms with Gasteiger partial charge >= 0.3 is 0 Å². The molecule has 0 amide bonds. The summed E-state index contributed by atoms with van der Waals surface area (Å²) in [7, 11) is 0. The fourth-order valence-corrected chi connectivity index (χ4v) is 1.48. The number of rotatable bonds is 1. The molecule has 7 nitrogen and oxygen atoms in total. The number of nitrogens with one attached hydrogen (secondary N) is 1. The highest BCUT2D eigenvalue weighted by Gasteiger charge is 2.11. The van der Waals surface area contributed by atoms with Crippen LogP contribution in [0.3, 0.4) is 0 Å². The zero-order valence-electron chi connectivity index (χ0n) is 12.4. The first-order valence-corrected chi connectivity index (χ1v) is 4.64. The highest BCUT2D eigenvalue weighted by Crippen LogP contribution is 2.09. The van der Waals surface area contributed by atoms with Gasteiger partial charge in [0.1, 0.15) is 11.2 Å². The van der Waals surface area contributed by atoms with Gasteiger partial charge in [-0.05, 0) is 23.7 Å². The number of nitrogens with zero attached hydrogens (tertiary/aromatic N) is 5. The van der Waals surface area contributed by atoms with Gasteiger partial charge in [0.25, 0.3) is 5.56 Å². The Morgan fingerprint density at radius 3 is 3.29 bits per heavy atom. The predicted molar refractivity (Wildman–Crippen MR) is 59.4 cm³/mol. The van der Waals surface area contributed by atoms with Gasteiger partial charge in [0.05, 0.1) is 1.37 Å². The summed E-state index contributed by atoms with van der Waals surface area (Å²) in [5.41, 5.74) is -0.695. The molecule has 3 heterocycles. The van der Waals surface area contributed by atoms with Crippen molar-refractivity contribution in [2.45, 2.75) is 6.85 Å². The zero-order chi connectivity index (χ0) is 15.2. The van der Waals surface area contributed by atoms with E-state index in [0.717, 1.165) is 4.40 Å². The molecule has 0 saturated heterocycles. The Kier molecular flexibility index (Phi) is 1.28. The smallest absolute Gasteiger partial charge is 0.268 e. The van der Waals surface area contributed by atoms with Crippen molar-refractivity contribution in [3.63, 3.8) is 0 Å². The lowest BCUT2D eigenvalue weighted by Crippen LogP contribution is -2.17. The average Bonchev–Trinajstić information content (AvgIpc) is 2.92. The van der Waals surface area contributed by atoms with Crippen LogP contribution in [0, 0.1) is 6.85 Å². The van der Waals surface area contributed by atoms with Crippen molar-refractivity contribution in [2.75, 3.05) is 0 Å². The Labute approximate surface area is 101 Å². The molecule has 0 aliphatic carbocycles. The fraction of sp³-hybridized carbons (Fsp3) is 0.100. The summed E-state index contributed by atoms with van der Waals surface area (Å²) in [5.74, 6) is 0.0488. The third-order valence-electron chi connectivity index (χ3n) is 2.25. The molecule has 1 N–H and O–H groups in total. The Hall–Kier alpha value is -2.57. The molecule has 3 rings (SSSR count). The van der Waals surface area contributed by atoms with E-state index in [9.17, 15) is 4.79 Å². The van der Waals surface area contributed by atoms with Crippen molar-refractivity contribution in [2.24, 2.45) is 0 Å². The van der Waals surface area contributed by atoms with Crippen LogP contribution in [0.25, 0.3) is 17.0 Å². The molecule has 0 atom stereocenters. The molecule has 3 aromatic heterocycles. The van der Waals surface area contributed by atoms with Crippen LogP contribution < -0.4 is 5.56 Å². The van der Waals surface area contributed by atoms with Crippen LogP contribution >= 0.6 is 0 Å². The van der Waals surface area contributed by atoms with E-state index in [2.05, 4.69) is 25.6 Å². The second kappa shape index (κ2) is 3.48. The van der Waals surface area contributed by atoms with Gasteiger partial charge in [-0.2, -0.15) is 5.21 Å². The lowest BCUT2D eigenvalue weighted by Gasteiger charge is -2.03. The molecule has 0 bridgehead atoms. The van der Waals surface area contributed by atoms with Gasteiger partial charge in [0, 0.05) is 16.5 Å². The molecule has 0 saturated carbocycles. The van der Waals surface area contributed by atoms with Crippen LogP contribution in [0.5, 0.6) is 0 Å². The van der Waals surface area contributed by atoms with Crippen molar-refractivity contribution >= 4 is 5.65 Å². The average molecular weight is 232 g/mol. The van der Waals surface area contributed by atoms with Crippen molar-refractivity contribution < 1.29 is 5.48 Å². The largest absolute Gasteiger partial charge is 0.269 e. The van der Waals surface area contributed by atoms with Crippen LogP contribution in [0.4, 0.5) is 0 Å². The summed E-state index contributed by atoms with van der Waals surface area (Å²) in [5, 5.41) is 13.0.